The van der Waals surface area contributed by atoms with Gasteiger partial charge in [0, 0.05) is 16.8 Å². The topological polar surface area (TPSA) is 76.1 Å². The van der Waals surface area contributed by atoms with Crippen molar-refractivity contribution in [2.45, 2.75) is 13.0 Å². The second-order valence-corrected chi connectivity index (χ2v) is 7.87. The smallest absolute Gasteiger partial charge is 0.300 e. The normalized spacial score (nSPS) is 17.2. The fraction of sp³-hybridized carbons (Fsp3) is 0.154. The van der Waals surface area contributed by atoms with Crippen molar-refractivity contribution in [3.05, 3.63) is 94.3 Å². The summed E-state index contributed by atoms with van der Waals surface area (Å²) in [6.45, 7) is 2.14. The highest BCUT2D eigenvalue weighted by atomic mass is 35.5. The lowest BCUT2D eigenvalue weighted by Gasteiger charge is -2.26. The second-order valence-electron chi connectivity index (χ2n) is 7.47. The molecular formula is C26H21ClFNO5. The number of halogens is 2. The molecule has 0 bridgehead atoms. The average molecular weight is 482 g/mol. The number of para-hydroxylation sites is 1. The van der Waals surface area contributed by atoms with Gasteiger partial charge >= 0.3 is 0 Å². The van der Waals surface area contributed by atoms with E-state index in [1.54, 1.807) is 31.2 Å². The maximum atomic E-state index is 13.6. The van der Waals surface area contributed by atoms with Crippen LogP contribution in [0.2, 0.25) is 5.02 Å². The van der Waals surface area contributed by atoms with Gasteiger partial charge < -0.3 is 14.6 Å². The third-order valence-corrected chi connectivity index (χ3v) is 5.80. The molecule has 4 rings (SSSR count). The molecule has 1 aliphatic heterocycles. The zero-order valence-electron chi connectivity index (χ0n) is 18.4. The van der Waals surface area contributed by atoms with E-state index in [0.29, 0.717) is 34.4 Å². The van der Waals surface area contributed by atoms with Crippen LogP contribution in [0.1, 0.15) is 24.1 Å². The lowest BCUT2D eigenvalue weighted by atomic mass is 9.94. The quantitative estimate of drug-likeness (QED) is 0.285. The number of amides is 1. The zero-order valence-corrected chi connectivity index (χ0v) is 19.2. The molecule has 1 N–H and O–H groups in total. The predicted molar refractivity (Wildman–Crippen MR) is 127 cm³/mol. The molecule has 0 aromatic heterocycles. The minimum Gasteiger partial charge on any atom is -0.507 e. The van der Waals surface area contributed by atoms with Crippen molar-refractivity contribution < 1.29 is 28.6 Å². The summed E-state index contributed by atoms with van der Waals surface area (Å²) in [7, 11) is 1.47. The average Bonchev–Trinajstić information content (AvgIpc) is 3.11. The second kappa shape index (κ2) is 9.57. The molecule has 34 heavy (non-hydrogen) atoms. The van der Waals surface area contributed by atoms with Gasteiger partial charge in [-0.3, -0.25) is 14.5 Å². The number of hydrogen-bond acceptors (Lipinski definition) is 5. The molecule has 3 aromatic rings. The number of anilines is 1. The Balaban J connectivity index is 1.96. The zero-order chi connectivity index (χ0) is 24.4. The van der Waals surface area contributed by atoms with Gasteiger partial charge in [-0.15, -0.1) is 0 Å². The van der Waals surface area contributed by atoms with Crippen molar-refractivity contribution in [1.82, 2.24) is 0 Å². The standard InChI is InChI=1S/C26H21ClFNO5/c1-3-34-21-14-15(8-13-19(21)27)24(30)22-23(18-6-4-5-7-20(18)33-2)29(26(32)25(22)31)17-11-9-16(28)10-12-17/h4-14,23,30H,3H2,1-2H3/b24-22+. The number of rotatable bonds is 6. The van der Waals surface area contributed by atoms with Gasteiger partial charge in [-0.2, -0.15) is 0 Å². The summed E-state index contributed by atoms with van der Waals surface area (Å²) < 4.78 is 24.6. The van der Waals surface area contributed by atoms with E-state index in [0.717, 1.165) is 0 Å². The monoisotopic (exact) mass is 481 g/mol. The predicted octanol–water partition coefficient (Wildman–Crippen LogP) is 5.51. The molecule has 0 spiro atoms. The van der Waals surface area contributed by atoms with Gasteiger partial charge in [-0.25, -0.2) is 4.39 Å². The SMILES string of the molecule is CCOc1cc(/C(O)=C2\C(=O)C(=O)N(c3ccc(F)cc3)C2c2ccccc2OC)ccc1Cl. The first kappa shape index (κ1) is 23.3. The van der Waals surface area contributed by atoms with Crippen LogP contribution in [-0.2, 0) is 9.59 Å². The number of methoxy groups -OCH3 is 1. The highest BCUT2D eigenvalue weighted by molar-refractivity contribution is 6.51. The number of Topliss-reactive ketones (excluding diaryl/α,β-unsaturated/α-hetero) is 1. The van der Waals surface area contributed by atoms with Crippen LogP contribution >= 0.6 is 11.6 Å². The van der Waals surface area contributed by atoms with E-state index in [1.165, 1.54) is 54.5 Å². The van der Waals surface area contributed by atoms with Crippen LogP contribution < -0.4 is 14.4 Å². The molecule has 0 saturated carbocycles. The number of carbonyl (C=O) groups excluding carboxylic acids is 2. The van der Waals surface area contributed by atoms with Crippen LogP contribution in [0, 0.1) is 5.82 Å². The summed E-state index contributed by atoms with van der Waals surface area (Å²) in [6.07, 6.45) is 0. The van der Waals surface area contributed by atoms with Gasteiger partial charge in [0.05, 0.1) is 30.4 Å². The minimum atomic E-state index is -1.02. The van der Waals surface area contributed by atoms with Gasteiger partial charge in [-0.1, -0.05) is 29.8 Å². The van der Waals surface area contributed by atoms with Crippen LogP contribution in [0.25, 0.3) is 5.76 Å². The molecule has 1 atom stereocenters. The Bertz CT molecular complexity index is 1290. The maximum absolute atomic E-state index is 13.6. The van der Waals surface area contributed by atoms with Crippen molar-refractivity contribution in [3.63, 3.8) is 0 Å². The largest absolute Gasteiger partial charge is 0.507 e. The Kier molecular flexibility index (Phi) is 6.56. The van der Waals surface area contributed by atoms with Gasteiger partial charge in [0.2, 0.25) is 0 Å². The number of ether oxygens (including phenoxy) is 2. The van der Waals surface area contributed by atoms with E-state index in [-0.39, 0.29) is 11.1 Å². The highest BCUT2D eigenvalue weighted by Gasteiger charge is 2.48. The number of carbonyl (C=O) groups is 2. The molecule has 1 amide bonds. The molecular weight excluding hydrogens is 461 g/mol. The molecule has 1 unspecified atom stereocenters. The van der Waals surface area contributed by atoms with Crippen molar-refractivity contribution in [3.8, 4) is 11.5 Å². The lowest BCUT2D eigenvalue weighted by molar-refractivity contribution is -0.132. The Morgan fingerprint density at radius 3 is 2.44 bits per heavy atom. The van der Waals surface area contributed by atoms with Crippen LogP contribution in [0.3, 0.4) is 0 Å². The summed E-state index contributed by atoms with van der Waals surface area (Å²) in [5.74, 6) is -1.88. The Morgan fingerprint density at radius 2 is 1.76 bits per heavy atom. The Morgan fingerprint density at radius 1 is 1.06 bits per heavy atom. The molecule has 0 radical (unpaired) electrons. The Hall–Kier alpha value is -3.84. The molecule has 1 saturated heterocycles. The number of aliphatic hydroxyl groups excluding tert-OH is 1. The first-order valence-electron chi connectivity index (χ1n) is 10.5. The molecule has 0 aliphatic carbocycles. The lowest BCUT2D eigenvalue weighted by Crippen LogP contribution is -2.29. The molecule has 8 heteroatoms. The molecule has 6 nitrogen and oxygen atoms in total. The van der Waals surface area contributed by atoms with Crippen molar-refractivity contribution in [2.24, 2.45) is 0 Å². The van der Waals surface area contributed by atoms with Crippen molar-refractivity contribution in [2.75, 3.05) is 18.6 Å². The van der Waals surface area contributed by atoms with Crippen LogP contribution in [-0.4, -0.2) is 30.5 Å². The molecule has 1 fully saturated rings. The maximum Gasteiger partial charge on any atom is 0.300 e. The van der Waals surface area contributed by atoms with Crippen molar-refractivity contribution in [1.29, 1.82) is 0 Å². The third-order valence-electron chi connectivity index (χ3n) is 5.49. The number of nitrogens with zero attached hydrogens (tertiary/aromatic N) is 1. The molecule has 174 valence electrons. The fourth-order valence-corrected chi connectivity index (χ4v) is 4.13. The summed E-state index contributed by atoms with van der Waals surface area (Å²) in [5, 5.41) is 11.6. The van der Waals surface area contributed by atoms with Crippen LogP contribution in [0.5, 0.6) is 11.5 Å². The Labute approximate surface area is 200 Å². The first-order valence-corrected chi connectivity index (χ1v) is 10.9. The van der Waals surface area contributed by atoms with E-state index in [4.69, 9.17) is 21.1 Å². The van der Waals surface area contributed by atoms with Crippen LogP contribution in [0.4, 0.5) is 10.1 Å². The third kappa shape index (κ3) is 4.10. The van der Waals surface area contributed by atoms with Gasteiger partial charge in [0.15, 0.2) is 0 Å². The number of ketones is 1. The minimum absolute atomic E-state index is 0.136. The molecule has 1 heterocycles. The summed E-state index contributed by atoms with van der Waals surface area (Å²) in [5.41, 5.74) is 0.895. The first-order chi connectivity index (χ1) is 16.4. The summed E-state index contributed by atoms with van der Waals surface area (Å²) in [4.78, 5) is 27.7. The summed E-state index contributed by atoms with van der Waals surface area (Å²) in [6, 6.07) is 15.6. The molecule has 3 aromatic carbocycles. The number of hydrogen-bond donors (Lipinski definition) is 1. The van der Waals surface area contributed by atoms with E-state index < -0.39 is 29.3 Å². The van der Waals surface area contributed by atoms with E-state index in [1.807, 2.05) is 0 Å². The van der Waals surface area contributed by atoms with Gasteiger partial charge in [-0.05, 0) is 55.5 Å². The van der Waals surface area contributed by atoms with Crippen molar-refractivity contribution >= 4 is 34.7 Å². The fourth-order valence-electron chi connectivity index (χ4n) is 3.96. The summed E-state index contributed by atoms with van der Waals surface area (Å²) >= 11 is 6.17. The van der Waals surface area contributed by atoms with E-state index in [2.05, 4.69) is 0 Å². The number of aliphatic hydroxyl groups is 1. The van der Waals surface area contributed by atoms with Gasteiger partial charge in [0.1, 0.15) is 23.1 Å². The van der Waals surface area contributed by atoms with E-state index >= 15 is 0 Å². The van der Waals surface area contributed by atoms with Crippen LogP contribution in [0.15, 0.2) is 72.3 Å². The highest BCUT2D eigenvalue weighted by Crippen LogP contribution is 2.45. The van der Waals surface area contributed by atoms with Gasteiger partial charge in [0.25, 0.3) is 11.7 Å². The molecule has 1 aliphatic rings. The number of benzene rings is 3. The van der Waals surface area contributed by atoms with E-state index in [9.17, 15) is 19.1 Å².